The molecule has 0 radical (unpaired) electrons. The van der Waals surface area contributed by atoms with E-state index in [1.165, 1.54) is 0 Å². The summed E-state index contributed by atoms with van der Waals surface area (Å²) in [5, 5.41) is 11.8. The van der Waals surface area contributed by atoms with Crippen LogP contribution in [-0.2, 0) is 9.59 Å². The Morgan fingerprint density at radius 2 is 2.18 bits per heavy atom. The quantitative estimate of drug-likeness (QED) is 0.724. The molecule has 1 saturated heterocycles. The Morgan fingerprint density at radius 1 is 1.47 bits per heavy atom. The molecule has 0 aliphatic carbocycles. The third kappa shape index (κ3) is 3.43. The maximum absolute atomic E-state index is 12.3. The average molecular weight is 242 g/mol. The standard InChI is InChI=1S/C12H22N2O3/c1-3-12(7-5-8-13-12)11(17)14(2)9-4-6-10(15)16/h13H,3-9H2,1-2H3,(H,15,16). The van der Waals surface area contributed by atoms with Gasteiger partial charge in [0.25, 0.3) is 0 Å². The van der Waals surface area contributed by atoms with Gasteiger partial charge in [0, 0.05) is 20.0 Å². The third-order valence-corrected chi connectivity index (χ3v) is 3.49. The molecular formula is C12H22N2O3. The smallest absolute Gasteiger partial charge is 0.303 e. The number of carboxylic acids is 1. The van der Waals surface area contributed by atoms with Crippen molar-refractivity contribution in [2.24, 2.45) is 0 Å². The Balaban J connectivity index is 2.47. The van der Waals surface area contributed by atoms with Gasteiger partial charge in [-0.2, -0.15) is 0 Å². The van der Waals surface area contributed by atoms with E-state index in [2.05, 4.69) is 5.32 Å². The van der Waals surface area contributed by atoms with E-state index in [0.29, 0.717) is 13.0 Å². The number of carbonyl (C=O) groups is 2. The second kappa shape index (κ2) is 6.00. The third-order valence-electron chi connectivity index (χ3n) is 3.49. The van der Waals surface area contributed by atoms with Crippen molar-refractivity contribution >= 4 is 11.9 Å². The summed E-state index contributed by atoms with van der Waals surface area (Å²) in [7, 11) is 1.75. The molecule has 1 rings (SSSR count). The van der Waals surface area contributed by atoms with Crippen LogP contribution in [-0.4, -0.2) is 47.6 Å². The van der Waals surface area contributed by atoms with Crippen LogP contribution >= 0.6 is 0 Å². The fraction of sp³-hybridized carbons (Fsp3) is 0.833. The molecule has 1 heterocycles. The van der Waals surface area contributed by atoms with E-state index in [1.807, 2.05) is 6.92 Å². The Labute approximate surface area is 102 Å². The van der Waals surface area contributed by atoms with E-state index in [0.717, 1.165) is 25.8 Å². The first-order chi connectivity index (χ1) is 8.02. The molecule has 0 aromatic heterocycles. The SMILES string of the molecule is CCC1(C(=O)N(C)CCCC(=O)O)CCCN1. The van der Waals surface area contributed by atoms with Gasteiger partial charge in [0.1, 0.15) is 0 Å². The monoisotopic (exact) mass is 242 g/mol. The Hall–Kier alpha value is -1.10. The highest BCUT2D eigenvalue weighted by Crippen LogP contribution is 2.25. The lowest BCUT2D eigenvalue weighted by Gasteiger charge is -2.31. The summed E-state index contributed by atoms with van der Waals surface area (Å²) >= 11 is 0. The van der Waals surface area contributed by atoms with Crippen LogP contribution in [0, 0.1) is 0 Å². The minimum Gasteiger partial charge on any atom is -0.481 e. The molecule has 17 heavy (non-hydrogen) atoms. The van der Waals surface area contributed by atoms with Gasteiger partial charge in [0.2, 0.25) is 5.91 Å². The zero-order valence-corrected chi connectivity index (χ0v) is 10.7. The van der Waals surface area contributed by atoms with Gasteiger partial charge in [-0.05, 0) is 32.2 Å². The number of hydrogen-bond donors (Lipinski definition) is 2. The lowest BCUT2D eigenvalue weighted by molar-refractivity contribution is -0.139. The number of carboxylic acid groups (broad SMARTS) is 1. The van der Waals surface area contributed by atoms with Gasteiger partial charge < -0.3 is 15.3 Å². The molecule has 5 heteroatoms. The molecule has 5 nitrogen and oxygen atoms in total. The summed E-state index contributed by atoms with van der Waals surface area (Å²) in [6.07, 6.45) is 3.32. The largest absolute Gasteiger partial charge is 0.481 e. The van der Waals surface area contributed by atoms with E-state index >= 15 is 0 Å². The Kier molecular flexibility index (Phi) is 4.93. The lowest BCUT2D eigenvalue weighted by Crippen LogP contribution is -2.53. The van der Waals surface area contributed by atoms with Crippen LogP contribution in [0.1, 0.15) is 39.0 Å². The molecular weight excluding hydrogens is 220 g/mol. The molecule has 1 aliphatic rings. The van der Waals surface area contributed by atoms with Crippen LogP contribution in [0.15, 0.2) is 0 Å². The summed E-state index contributed by atoms with van der Waals surface area (Å²) < 4.78 is 0. The first kappa shape index (κ1) is 14.0. The van der Waals surface area contributed by atoms with Crippen molar-refractivity contribution in [3.63, 3.8) is 0 Å². The number of aliphatic carboxylic acids is 1. The number of nitrogens with zero attached hydrogens (tertiary/aromatic N) is 1. The molecule has 0 bridgehead atoms. The highest BCUT2D eigenvalue weighted by atomic mass is 16.4. The highest BCUT2D eigenvalue weighted by molar-refractivity contribution is 5.86. The summed E-state index contributed by atoms with van der Waals surface area (Å²) in [6, 6.07) is 0. The Bertz CT molecular complexity index is 285. The van der Waals surface area contributed by atoms with Crippen LogP contribution in [0.4, 0.5) is 0 Å². The van der Waals surface area contributed by atoms with E-state index in [4.69, 9.17) is 5.11 Å². The summed E-state index contributed by atoms with van der Waals surface area (Å²) in [6.45, 7) is 3.42. The van der Waals surface area contributed by atoms with E-state index in [9.17, 15) is 9.59 Å². The second-order valence-electron chi connectivity index (χ2n) is 4.69. The number of hydrogen-bond acceptors (Lipinski definition) is 3. The number of amides is 1. The van der Waals surface area contributed by atoms with Crippen molar-refractivity contribution in [1.29, 1.82) is 0 Å². The second-order valence-corrected chi connectivity index (χ2v) is 4.69. The topological polar surface area (TPSA) is 69.6 Å². The summed E-state index contributed by atoms with van der Waals surface area (Å²) in [5.74, 6) is -0.710. The molecule has 98 valence electrons. The summed E-state index contributed by atoms with van der Waals surface area (Å²) in [5.41, 5.74) is -0.405. The number of carbonyl (C=O) groups excluding carboxylic acids is 1. The van der Waals surface area contributed by atoms with Crippen molar-refractivity contribution in [1.82, 2.24) is 10.2 Å². The minimum atomic E-state index is -0.810. The maximum atomic E-state index is 12.3. The number of nitrogens with one attached hydrogen (secondary N) is 1. The zero-order chi connectivity index (χ0) is 12.9. The molecule has 1 unspecified atom stereocenters. The van der Waals surface area contributed by atoms with E-state index < -0.39 is 11.5 Å². The molecule has 0 aromatic rings. The van der Waals surface area contributed by atoms with Crippen molar-refractivity contribution in [2.75, 3.05) is 20.1 Å². The predicted octanol–water partition coefficient (Wildman–Crippen LogP) is 0.842. The normalized spacial score (nSPS) is 23.6. The molecule has 1 amide bonds. The molecule has 1 atom stereocenters. The molecule has 0 saturated carbocycles. The van der Waals surface area contributed by atoms with E-state index in [1.54, 1.807) is 11.9 Å². The minimum absolute atomic E-state index is 0.0999. The molecule has 1 fully saturated rings. The van der Waals surface area contributed by atoms with Crippen LogP contribution in [0.3, 0.4) is 0 Å². The van der Waals surface area contributed by atoms with Crippen molar-refractivity contribution in [3.05, 3.63) is 0 Å². The fourth-order valence-corrected chi connectivity index (χ4v) is 2.38. The Morgan fingerprint density at radius 3 is 2.65 bits per heavy atom. The predicted molar refractivity (Wildman–Crippen MR) is 64.8 cm³/mol. The fourth-order valence-electron chi connectivity index (χ4n) is 2.38. The van der Waals surface area contributed by atoms with E-state index in [-0.39, 0.29) is 12.3 Å². The zero-order valence-electron chi connectivity index (χ0n) is 10.7. The highest BCUT2D eigenvalue weighted by Gasteiger charge is 2.40. The van der Waals surface area contributed by atoms with Gasteiger partial charge in [-0.25, -0.2) is 0 Å². The van der Waals surface area contributed by atoms with Crippen LogP contribution in [0.5, 0.6) is 0 Å². The average Bonchev–Trinajstić information content (AvgIpc) is 2.77. The molecule has 1 aliphatic heterocycles. The van der Waals surface area contributed by atoms with Crippen molar-refractivity contribution in [3.8, 4) is 0 Å². The first-order valence-corrected chi connectivity index (χ1v) is 6.24. The van der Waals surface area contributed by atoms with Crippen LogP contribution in [0.2, 0.25) is 0 Å². The van der Waals surface area contributed by atoms with Gasteiger partial charge in [0.15, 0.2) is 0 Å². The van der Waals surface area contributed by atoms with Crippen molar-refractivity contribution < 1.29 is 14.7 Å². The maximum Gasteiger partial charge on any atom is 0.303 e. The van der Waals surface area contributed by atoms with Gasteiger partial charge in [0.05, 0.1) is 5.54 Å². The van der Waals surface area contributed by atoms with Gasteiger partial charge >= 0.3 is 5.97 Å². The van der Waals surface area contributed by atoms with Crippen LogP contribution < -0.4 is 5.32 Å². The lowest BCUT2D eigenvalue weighted by atomic mass is 9.92. The molecule has 0 aromatic carbocycles. The molecule has 0 spiro atoms. The van der Waals surface area contributed by atoms with Gasteiger partial charge in [-0.3, -0.25) is 9.59 Å². The number of rotatable bonds is 6. The molecule has 2 N–H and O–H groups in total. The van der Waals surface area contributed by atoms with Gasteiger partial charge in [-0.1, -0.05) is 6.92 Å². The van der Waals surface area contributed by atoms with Crippen molar-refractivity contribution in [2.45, 2.75) is 44.6 Å². The first-order valence-electron chi connectivity index (χ1n) is 6.24. The van der Waals surface area contributed by atoms with Gasteiger partial charge in [-0.15, -0.1) is 0 Å². The number of likely N-dealkylation sites (N-methyl/N-ethyl adjacent to an activating group) is 1. The summed E-state index contributed by atoms with van der Waals surface area (Å²) in [4.78, 5) is 24.4. The van der Waals surface area contributed by atoms with Crippen LogP contribution in [0.25, 0.3) is 0 Å².